The molecule has 1 atom stereocenters. The molecule has 2 aliphatic rings. The lowest BCUT2D eigenvalue weighted by Gasteiger charge is -2.25. The Bertz CT molecular complexity index is 1530. The van der Waals surface area contributed by atoms with Gasteiger partial charge < -0.3 is 24.4 Å². The molecule has 0 bridgehead atoms. The SMILES string of the molecule is COC[C@H]1CCCN1c1ccc2c(=O)c(C(=O)NCCN3CCCC3)c3n(C)c4ccccc4n3c2n1. The zero-order valence-electron chi connectivity index (χ0n) is 21.6. The summed E-state index contributed by atoms with van der Waals surface area (Å²) in [6.45, 7) is 4.98. The number of nitrogens with zero attached hydrogens (tertiary/aromatic N) is 5. The maximum absolute atomic E-state index is 13.9. The standard InChI is InChI=1S/C28H34N6O3/c1-31-21-9-3-4-10-22(21)34-26-20(11-12-23(30-26)33-16-7-8-19(33)18-37-2)25(35)24(28(31)34)27(36)29-13-17-32-14-5-6-15-32/h3-4,9-12,19H,5-8,13-18H2,1-2H3,(H,29,36)/t19-/m1/s1. The number of imidazole rings is 1. The third kappa shape index (κ3) is 4.06. The van der Waals surface area contributed by atoms with E-state index in [-0.39, 0.29) is 22.9 Å². The van der Waals surface area contributed by atoms with Crippen LogP contribution in [0.15, 0.2) is 41.2 Å². The van der Waals surface area contributed by atoms with Crippen molar-refractivity contribution in [3.63, 3.8) is 0 Å². The van der Waals surface area contributed by atoms with Crippen molar-refractivity contribution in [2.45, 2.75) is 31.7 Å². The van der Waals surface area contributed by atoms with Crippen LogP contribution in [0.25, 0.3) is 27.7 Å². The van der Waals surface area contributed by atoms with E-state index in [9.17, 15) is 9.59 Å². The first-order valence-corrected chi connectivity index (χ1v) is 13.3. The molecule has 1 N–H and O–H groups in total. The molecule has 5 heterocycles. The van der Waals surface area contributed by atoms with E-state index in [2.05, 4.69) is 15.1 Å². The molecule has 2 aliphatic heterocycles. The Morgan fingerprint density at radius 2 is 1.86 bits per heavy atom. The average molecular weight is 503 g/mol. The quantitative estimate of drug-likeness (QED) is 0.419. The minimum Gasteiger partial charge on any atom is -0.383 e. The smallest absolute Gasteiger partial charge is 0.259 e. The second-order valence-corrected chi connectivity index (χ2v) is 10.2. The van der Waals surface area contributed by atoms with Crippen LogP contribution in [0.1, 0.15) is 36.0 Å². The lowest BCUT2D eigenvalue weighted by Crippen LogP contribution is -2.36. The summed E-state index contributed by atoms with van der Waals surface area (Å²) in [7, 11) is 3.63. The van der Waals surface area contributed by atoms with E-state index in [4.69, 9.17) is 9.72 Å². The first kappa shape index (κ1) is 23.9. The highest BCUT2D eigenvalue weighted by molar-refractivity contribution is 6.05. The second kappa shape index (κ2) is 9.79. The zero-order valence-corrected chi connectivity index (χ0v) is 21.6. The molecule has 6 rings (SSSR count). The van der Waals surface area contributed by atoms with Crippen LogP contribution in [0, 0.1) is 0 Å². The van der Waals surface area contributed by atoms with Crippen LogP contribution in [-0.4, -0.2) is 77.2 Å². The molecular weight excluding hydrogens is 468 g/mol. The molecule has 1 amide bonds. The first-order valence-electron chi connectivity index (χ1n) is 13.3. The molecule has 37 heavy (non-hydrogen) atoms. The zero-order chi connectivity index (χ0) is 25.5. The molecule has 4 aromatic rings. The van der Waals surface area contributed by atoms with Gasteiger partial charge in [-0.05, 0) is 63.0 Å². The number of pyridine rings is 2. The van der Waals surface area contributed by atoms with E-state index in [1.54, 1.807) is 7.11 Å². The number of methoxy groups -OCH3 is 1. The highest BCUT2D eigenvalue weighted by atomic mass is 16.5. The number of hydrogen-bond donors (Lipinski definition) is 1. The molecule has 9 heteroatoms. The lowest BCUT2D eigenvalue weighted by atomic mass is 10.1. The van der Waals surface area contributed by atoms with Crippen LogP contribution in [-0.2, 0) is 11.8 Å². The Balaban J connectivity index is 1.50. The maximum atomic E-state index is 13.9. The van der Waals surface area contributed by atoms with Gasteiger partial charge in [-0.15, -0.1) is 0 Å². The molecule has 194 valence electrons. The molecule has 2 saturated heterocycles. The number of aromatic nitrogens is 3. The molecule has 3 aromatic heterocycles. The Morgan fingerprint density at radius 3 is 2.65 bits per heavy atom. The summed E-state index contributed by atoms with van der Waals surface area (Å²) in [5, 5.41) is 3.47. The number of likely N-dealkylation sites (tertiary alicyclic amines) is 1. The fourth-order valence-electron chi connectivity index (χ4n) is 6.12. The predicted octanol–water partition coefficient (Wildman–Crippen LogP) is 2.78. The van der Waals surface area contributed by atoms with Gasteiger partial charge in [-0.25, -0.2) is 4.98 Å². The minimum atomic E-state index is -0.335. The number of hydrogen-bond acceptors (Lipinski definition) is 6. The molecule has 0 radical (unpaired) electrons. The van der Waals surface area contributed by atoms with Gasteiger partial charge in [-0.2, -0.15) is 0 Å². The van der Waals surface area contributed by atoms with E-state index >= 15 is 0 Å². The number of benzene rings is 1. The third-order valence-electron chi connectivity index (χ3n) is 7.95. The number of amides is 1. The van der Waals surface area contributed by atoms with Crippen molar-refractivity contribution >= 4 is 39.4 Å². The lowest BCUT2D eigenvalue weighted by molar-refractivity contribution is 0.0950. The van der Waals surface area contributed by atoms with Gasteiger partial charge in [-0.1, -0.05) is 12.1 Å². The van der Waals surface area contributed by atoms with Gasteiger partial charge in [0.15, 0.2) is 5.65 Å². The summed E-state index contributed by atoms with van der Waals surface area (Å²) in [4.78, 5) is 37.0. The van der Waals surface area contributed by atoms with Gasteiger partial charge in [0.1, 0.15) is 17.0 Å². The highest BCUT2D eigenvalue weighted by Crippen LogP contribution is 2.29. The fraction of sp³-hybridized carbons (Fsp3) is 0.464. The Labute approximate surface area is 215 Å². The van der Waals surface area contributed by atoms with Crippen molar-refractivity contribution in [2.24, 2.45) is 7.05 Å². The van der Waals surface area contributed by atoms with Crippen LogP contribution in [0.4, 0.5) is 5.82 Å². The maximum Gasteiger partial charge on any atom is 0.259 e. The first-order chi connectivity index (χ1) is 18.1. The Morgan fingerprint density at radius 1 is 1.08 bits per heavy atom. The number of anilines is 1. The highest BCUT2D eigenvalue weighted by Gasteiger charge is 2.28. The van der Waals surface area contributed by atoms with Crippen LogP contribution >= 0.6 is 0 Å². The van der Waals surface area contributed by atoms with Gasteiger partial charge in [0, 0.05) is 33.8 Å². The average Bonchev–Trinajstić information content (AvgIpc) is 3.65. The molecule has 0 spiro atoms. The van der Waals surface area contributed by atoms with Gasteiger partial charge in [-0.3, -0.25) is 14.0 Å². The number of ether oxygens (including phenoxy) is 1. The van der Waals surface area contributed by atoms with Gasteiger partial charge in [0.2, 0.25) is 5.43 Å². The summed E-state index contributed by atoms with van der Waals surface area (Å²) >= 11 is 0. The van der Waals surface area contributed by atoms with Gasteiger partial charge in [0.25, 0.3) is 5.91 Å². The van der Waals surface area contributed by atoms with Crippen molar-refractivity contribution < 1.29 is 9.53 Å². The molecule has 1 aromatic carbocycles. The molecule has 0 aliphatic carbocycles. The van der Waals surface area contributed by atoms with Crippen molar-refractivity contribution in [3.8, 4) is 0 Å². The number of carbonyl (C=O) groups is 1. The number of carbonyl (C=O) groups excluding carboxylic acids is 1. The van der Waals surface area contributed by atoms with Gasteiger partial charge in [0.05, 0.1) is 29.1 Å². The molecule has 0 unspecified atom stereocenters. The predicted molar refractivity (Wildman–Crippen MR) is 146 cm³/mol. The van der Waals surface area contributed by atoms with Crippen molar-refractivity contribution in [1.82, 2.24) is 24.2 Å². The van der Waals surface area contributed by atoms with Crippen LogP contribution < -0.4 is 15.6 Å². The summed E-state index contributed by atoms with van der Waals surface area (Å²) in [6, 6.07) is 12.0. The number of nitrogens with one attached hydrogen (secondary N) is 1. The monoisotopic (exact) mass is 502 g/mol. The largest absolute Gasteiger partial charge is 0.383 e. The molecule has 2 fully saturated rings. The molecular formula is C28H34N6O3. The Hall–Kier alpha value is -3.43. The summed E-state index contributed by atoms with van der Waals surface area (Å²) < 4.78 is 9.36. The van der Waals surface area contributed by atoms with Gasteiger partial charge >= 0.3 is 0 Å². The Kier molecular flexibility index (Phi) is 6.34. The van der Waals surface area contributed by atoms with Crippen LogP contribution in [0.2, 0.25) is 0 Å². The number of fused-ring (bicyclic) bond motifs is 5. The summed E-state index contributed by atoms with van der Waals surface area (Å²) in [5.74, 6) is 0.495. The molecule has 9 nitrogen and oxygen atoms in total. The number of aryl methyl sites for hydroxylation is 1. The van der Waals surface area contributed by atoms with E-state index in [1.165, 1.54) is 12.8 Å². The summed E-state index contributed by atoms with van der Waals surface area (Å²) in [6.07, 6.45) is 4.53. The summed E-state index contributed by atoms with van der Waals surface area (Å²) in [5.41, 5.74) is 2.87. The van der Waals surface area contributed by atoms with E-state index in [0.717, 1.165) is 55.9 Å². The normalized spacial score (nSPS) is 18.5. The van der Waals surface area contributed by atoms with Crippen molar-refractivity contribution in [3.05, 3.63) is 52.2 Å². The van der Waals surface area contributed by atoms with Crippen molar-refractivity contribution in [2.75, 3.05) is 51.3 Å². The van der Waals surface area contributed by atoms with Crippen molar-refractivity contribution in [1.29, 1.82) is 0 Å². The minimum absolute atomic E-state index is 0.167. The molecule has 0 saturated carbocycles. The number of rotatable bonds is 7. The number of para-hydroxylation sites is 2. The van der Waals surface area contributed by atoms with Crippen LogP contribution in [0.5, 0.6) is 0 Å². The topological polar surface area (TPSA) is 84.1 Å². The van der Waals surface area contributed by atoms with E-state index in [0.29, 0.717) is 29.8 Å². The fourth-order valence-corrected chi connectivity index (χ4v) is 6.12. The van der Waals surface area contributed by atoms with E-state index in [1.807, 2.05) is 52.4 Å². The third-order valence-corrected chi connectivity index (χ3v) is 7.95. The van der Waals surface area contributed by atoms with E-state index < -0.39 is 0 Å². The van der Waals surface area contributed by atoms with Crippen LogP contribution in [0.3, 0.4) is 0 Å². The second-order valence-electron chi connectivity index (χ2n) is 10.2.